The maximum Gasteiger partial charge on any atom is 0.321 e. The van der Waals surface area contributed by atoms with Crippen molar-refractivity contribution in [1.29, 1.82) is 0 Å². The molecule has 0 aliphatic rings. The molecule has 1 atom stereocenters. The van der Waals surface area contributed by atoms with Gasteiger partial charge in [0, 0.05) is 6.54 Å². The fourth-order valence-corrected chi connectivity index (χ4v) is 2.70. The second kappa shape index (κ2) is 8.57. The lowest BCUT2D eigenvalue weighted by Crippen LogP contribution is -2.38. The summed E-state index contributed by atoms with van der Waals surface area (Å²) >= 11 is 6.32. The van der Waals surface area contributed by atoms with E-state index in [9.17, 15) is 9.90 Å². The average molecular weight is 350 g/mol. The minimum absolute atomic E-state index is 0.309. The van der Waals surface area contributed by atoms with Crippen LogP contribution in [0.15, 0.2) is 42.5 Å². The molecule has 0 unspecified atom stereocenters. The Bertz CT molecular complexity index is 691. The van der Waals surface area contributed by atoms with Crippen LogP contribution in [0.1, 0.15) is 11.1 Å². The zero-order chi connectivity index (χ0) is 17.5. The molecule has 2 aromatic rings. The Morgan fingerprint density at radius 1 is 1.17 bits per heavy atom. The van der Waals surface area contributed by atoms with Gasteiger partial charge in [-0.25, -0.2) is 0 Å². The topological polar surface area (TPSA) is 67.8 Å². The molecule has 0 aliphatic carbocycles. The molecule has 0 bridgehead atoms. The maximum atomic E-state index is 11.5. The Hall–Kier alpha value is -2.24. The average Bonchev–Trinajstić information content (AvgIpc) is 2.59. The van der Waals surface area contributed by atoms with E-state index >= 15 is 0 Å². The van der Waals surface area contributed by atoms with Crippen molar-refractivity contribution >= 4 is 17.6 Å². The third-order valence-corrected chi connectivity index (χ3v) is 4.10. The van der Waals surface area contributed by atoms with Crippen LogP contribution in [-0.2, 0) is 17.8 Å². The number of methoxy groups -OCH3 is 2. The van der Waals surface area contributed by atoms with Crippen molar-refractivity contribution in [3.8, 4) is 11.5 Å². The van der Waals surface area contributed by atoms with E-state index < -0.39 is 12.0 Å². The van der Waals surface area contributed by atoms with Gasteiger partial charge in [0.1, 0.15) is 6.04 Å². The first-order valence-corrected chi connectivity index (χ1v) is 7.84. The molecule has 0 saturated carbocycles. The highest BCUT2D eigenvalue weighted by atomic mass is 35.5. The van der Waals surface area contributed by atoms with E-state index in [1.54, 1.807) is 12.1 Å². The van der Waals surface area contributed by atoms with Crippen molar-refractivity contribution in [2.75, 3.05) is 14.2 Å². The molecule has 128 valence electrons. The zero-order valence-corrected chi connectivity index (χ0v) is 14.3. The Morgan fingerprint density at radius 3 is 2.46 bits per heavy atom. The predicted octanol–water partition coefficient (Wildman–Crippen LogP) is 3.14. The van der Waals surface area contributed by atoms with Crippen molar-refractivity contribution in [2.45, 2.75) is 19.0 Å². The van der Waals surface area contributed by atoms with E-state index in [2.05, 4.69) is 5.32 Å². The Labute approximate surface area is 146 Å². The summed E-state index contributed by atoms with van der Waals surface area (Å²) in [6.07, 6.45) is 0.390. The molecule has 0 aromatic heterocycles. The minimum Gasteiger partial charge on any atom is -0.493 e. The largest absolute Gasteiger partial charge is 0.493 e. The molecule has 0 amide bonds. The van der Waals surface area contributed by atoms with Crippen LogP contribution >= 0.6 is 11.6 Å². The number of aliphatic carboxylic acids is 1. The quantitative estimate of drug-likeness (QED) is 0.766. The van der Waals surface area contributed by atoms with Gasteiger partial charge in [-0.1, -0.05) is 48.0 Å². The number of carbonyl (C=O) groups is 1. The second-order valence-electron chi connectivity index (χ2n) is 5.24. The number of halogens is 1. The van der Waals surface area contributed by atoms with E-state index in [4.69, 9.17) is 21.1 Å². The number of carboxylic acid groups (broad SMARTS) is 1. The van der Waals surface area contributed by atoms with Crippen LogP contribution in [-0.4, -0.2) is 31.3 Å². The Balaban J connectivity index is 2.11. The van der Waals surface area contributed by atoms with Crippen molar-refractivity contribution in [2.24, 2.45) is 0 Å². The van der Waals surface area contributed by atoms with E-state index in [0.29, 0.717) is 29.5 Å². The molecule has 2 N–H and O–H groups in total. The lowest BCUT2D eigenvalue weighted by molar-refractivity contribution is -0.139. The molecule has 0 saturated heterocycles. The van der Waals surface area contributed by atoms with Gasteiger partial charge in [-0.05, 0) is 23.6 Å². The van der Waals surface area contributed by atoms with E-state index in [0.717, 1.165) is 11.1 Å². The molecule has 0 fully saturated rings. The van der Waals surface area contributed by atoms with Gasteiger partial charge in [0.15, 0.2) is 11.5 Å². The number of hydrogen-bond donors (Lipinski definition) is 2. The number of hydrogen-bond acceptors (Lipinski definition) is 4. The van der Waals surface area contributed by atoms with E-state index in [1.165, 1.54) is 14.2 Å². The SMILES string of the molecule is COc1ccc(CN[C@@H](Cc2ccccc2)C(=O)O)c(Cl)c1OC. The van der Waals surface area contributed by atoms with Crippen LogP contribution in [0.5, 0.6) is 11.5 Å². The summed E-state index contributed by atoms with van der Waals surface area (Å²) in [5.74, 6) is 0.0640. The van der Waals surface area contributed by atoms with Crippen LogP contribution in [0.25, 0.3) is 0 Å². The molecule has 0 heterocycles. The number of benzene rings is 2. The van der Waals surface area contributed by atoms with Crippen molar-refractivity contribution in [3.63, 3.8) is 0 Å². The van der Waals surface area contributed by atoms with Gasteiger partial charge < -0.3 is 14.6 Å². The summed E-state index contributed by atoms with van der Waals surface area (Å²) in [5, 5.41) is 12.9. The van der Waals surface area contributed by atoms with Crippen molar-refractivity contribution in [1.82, 2.24) is 5.32 Å². The van der Waals surface area contributed by atoms with Gasteiger partial charge in [-0.3, -0.25) is 10.1 Å². The Morgan fingerprint density at radius 2 is 1.88 bits per heavy atom. The normalized spacial score (nSPS) is 11.8. The molecule has 0 spiro atoms. The second-order valence-corrected chi connectivity index (χ2v) is 5.61. The van der Waals surface area contributed by atoms with Crippen molar-refractivity contribution in [3.05, 3.63) is 58.6 Å². The molecule has 6 heteroatoms. The summed E-state index contributed by atoms with van der Waals surface area (Å²) in [5.41, 5.74) is 1.70. The summed E-state index contributed by atoms with van der Waals surface area (Å²) in [6.45, 7) is 0.309. The van der Waals surface area contributed by atoms with Gasteiger partial charge in [0.25, 0.3) is 0 Å². The summed E-state index contributed by atoms with van der Waals surface area (Å²) in [6, 6.07) is 12.3. The highest BCUT2D eigenvalue weighted by Gasteiger charge is 2.19. The number of ether oxygens (including phenoxy) is 2. The summed E-state index contributed by atoms with van der Waals surface area (Å²) < 4.78 is 10.4. The lowest BCUT2D eigenvalue weighted by atomic mass is 10.1. The van der Waals surface area contributed by atoms with Gasteiger partial charge >= 0.3 is 5.97 Å². The van der Waals surface area contributed by atoms with Crippen LogP contribution in [0.3, 0.4) is 0 Å². The first kappa shape index (κ1) is 18.1. The fraction of sp³-hybridized carbons (Fsp3) is 0.278. The third-order valence-electron chi connectivity index (χ3n) is 3.68. The van der Waals surface area contributed by atoms with Crippen LogP contribution < -0.4 is 14.8 Å². The van der Waals surface area contributed by atoms with Gasteiger partial charge in [0.2, 0.25) is 0 Å². The minimum atomic E-state index is -0.907. The third kappa shape index (κ3) is 4.40. The van der Waals surface area contributed by atoms with E-state index in [1.807, 2.05) is 30.3 Å². The highest BCUT2D eigenvalue weighted by Crippen LogP contribution is 2.37. The molecule has 24 heavy (non-hydrogen) atoms. The van der Waals surface area contributed by atoms with Crippen LogP contribution in [0.2, 0.25) is 5.02 Å². The summed E-state index contributed by atoms with van der Waals surface area (Å²) in [7, 11) is 3.04. The number of carboxylic acids is 1. The van der Waals surface area contributed by atoms with Crippen LogP contribution in [0, 0.1) is 0 Å². The Kier molecular flexibility index (Phi) is 6.46. The molecule has 0 radical (unpaired) electrons. The highest BCUT2D eigenvalue weighted by molar-refractivity contribution is 6.33. The lowest BCUT2D eigenvalue weighted by Gasteiger charge is -2.17. The maximum absolute atomic E-state index is 11.5. The zero-order valence-electron chi connectivity index (χ0n) is 13.6. The molecule has 0 aliphatic heterocycles. The molecular formula is C18H20ClNO4. The van der Waals surface area contributed by atoms with Crippen LogP contribution in [0.4, 0.5) is 0 Å². The molecular weight excluding hydrogens is 330 g/mol. The van der Waals surface area contributed by atoms with Crippen molar-refractivity contribution < 1.29 is 19.4 Å². The molecule has 5 nitrogen and oxygen atoms in total. The first-order valence-electron chi connectivity index (χ1n) is 7.46. The molecule has 2 aromatic carbocycles. The van der Waals surface area contributed by atoms with Gasteiger partial charge in [-0.15, -0.1) is 0 Å². The number of nitrogens with one attached hydrogen (secondary N) is 1. The standard InChI is InChI=1S/C18H20ClNO4/c1-23-15-9-8-13(16(19)17(15)24-2)11-20-14(18(21)22)10-12-6-4-3-5-7-12/h3-9,14,20H,10-11H2,1-2H3,(H,21,22)/t14-/m0/s1. The monoisotopic (exact) mass is 349 g/mol. The number of rotatable bonds is 8. The molecule has 2 rings (SSSR count). The predicted molar refractivity (Wildman–Crippen MR) is 93.0 cm³/mol. The van der Waals surface area contributed by atoms with E-state index in [-0.39, 0.29) is 0 Å². The van der Waals surface area contributed by atoms with Gasteiger partial charge in [-0.2, -0.15) is 0 Å². The van der Waals surface area contributed by atoms with Gasteiger partial charge in [0.05, 0.1) is 19.2 Å². The first-order chi connectivity index (χ1) is 11.6. The summed E-state index contributed by atoms with van der Waals surface area (Å²) in [4.78, 5) is 11.5. The fourth-order valence-electron chi connectivity index (χ4n) is 2.40. The smallest absolute Gasteiger partial charge is 0.321 e.